The van der Waals surface area contributed by atoms with Crippen molar-refractivity contribution in [3.05, 3.63) is 17.2 Å². The summed E-state index contributed by atoms with van der Waals surface area (Å²) in [6, 6.07) is 3.59. The Morgan fingerprint density at radius 3 is 2.71 bits per heavy atom. The highest BCUT2D eigenvalue weighted by Gasteiger charge is 2.17. The summed E-state index contributed by atoms with van der Waals surface area (Å²) < 4.78 is 8.35. The fourth-order valence-corrected chi connectivity index (χ4v) is 1.94. The fraction of sp³-hybridized carbons (Fsp3) is 0.364. The molecule has 2 rings (SSSR count). The predicted molar refractivity (Wildman–Crippen MR) is 73.2 cm³/mol. The third-order valence-electron chi connectivity index (χ3n) is 2.35. The van der Waals surface area contributed by atoms with Crippen LogP contribution in [0.4, 0.5) is 5.69 Å². The third kappa shape index (κ3) is 2.40. The molecule has 0 amide bonds. The van der Waals surface area contributed by atoms with Crippen molar-refractivity contribution in [1.29, 1.82) is 0 Å². The number of hydrogen-bond donors (Lipinski definition) is 1. The molecular formula is C11H13ClN4S. The molecule has 0 bridgehead atoms. The monoisotopic (exact) mass is 268 g/mol. The van der Waals surface area contributed by atoms with Gasteiger partial charge in [-0.2, -0.15) is 8.75 Å². The Morgan fingerprint density at radius 2 is 2.06 bits per heavy atom. The average molecular weight is 269 g/mol. The second-order valence-electron chi connectivity index (χ2n) is 4.77. The average Bonchev–Trinajstić information content (AvgIpc) is 2.68. The SMILES string of the molecule is CC(C)(C)C(N)=Nc1c(Cl)ccc2nsnc12. The number of nitrogens with zero attached hydrogens (tertiary/aromatic N) is 3. The molecule has 0 atom stereocenters. The Hall–Kier alpha value is -1.20. The lowest BCUT2D eigenvalue weighted by atomic mass is 9.95. The molecule has 17 heavy (non-hydrogen) atoms. The van der Waals surface area contributed by atoms with Gasteiger partial charge in [-0.15, -0.1) is 0 Å². The first-order valence-electron chi connectivity index (χ1n) is 5.15. The lowest BCUT2D eigenvalue weighted by Crippen LogP contribution is -2.28. The van der Waals surface area contributed by atoms with E-state index in [9.17, 15) is 0 Å². The van der Waals surface area contributed by atoms with Crippen molar-refractivity contribution in [3.8, 4) is 0 Å². The number of aliphatic imine (C=N–C) groups is 1. The number of nitrogens with two attached hydrogens (primary N) is 1. The lowest BCUT2D eigenvalue weighted by Gasteiger charge is -2.17. The Balaban J connectivity index is 2.62. The summed E-state index contributed by atoms with van der Waals surface area (Å²) in [7, 11) is 0. The molecule has 2 N–H and O–H groups in total. The summed E-state index contributed by atoms with van der Waals surface area (Å²) in [5, 5.41) is 0.539. The van der Waals surface area contributed by atoms with Gasteiger partial charge >= 0.3 is 0 Å². The number of rotatable bonds is 1. The van der Waals surface area contributed by atoms with Crippen LogP contribution in [-0.2, 0) is 0 Å². The zero-order valence-corrected chi connectivity index (χ0v) is 11.4. The number of benzene rings is 1. The third-order valence-corrected chi connectivity index (χ3v) is 3.20. The van der Waals surface area contributed by atoms with Gasteiger partial charge in [-0.3, -0.25) is 0 Å². The van der Waals surface area contributed by atoms with Gasteiger partial charge in [-0.25, -0.2) is 4.99 Å². The maximum absolute atomic E-state index is 6.13. The summed E-state index contributed by atoms with van der Waals surface area (Å²) in [6.07, 6.45) is 0. The highest BCUT2D eigenvalue weighted by Crippen LogP contribution is 2.33. The second kappa shape index (κ2) is 4.23. The van der Waals surface area contributed by atoms with Gasteiger partial charge in [0.25, 0.3) is 0 Å². The first-order valence-corrected chi connectivity index (χ1v) is 6.26. The topological polar surface area (TPSA) is 64.2 Å². The quantitative estimate of drug-likeness (QED) is 0.637. The molecule has 0 radical (unpaired) electrons. The summed E-state index contributed by atoms with van der Waals surface area (Å²) in [4.78, 5) is 4.40. The molecule has 0 unspecified atom stereocenters. The predicted octanol–water partition coefficient (Wildman–Crippen LogP) is 3.38. The standard InChI is InChI=1S/C11H13ClN4S/c1-11(2,3)10(13)14-8-6(12)4-5-7-9(8)16-17-15-7/h4-5H,1-3H3,(H2,13,14). The molecule has 0 aliphatic carbocycles. The van der Waals surface area contributed by atoms with Crippen LogP contribution < -0.4 is 5.73 Å². The molecule has 0 fully saturated rings. The van der Waals surface area contributed by atoms with E-state index in [1.807, 2.05) is 26.8 Å². The minimum absolute atomic E-state index is 0.199. The maximum Gasteiger partial charge on any atom is 0.132 e. The number of amidine groups is 1. The van der Waals surface area contributed by atoms with Crippen molar-refractivity contribution in [2.45, 2.75) is 20.8 Å². The van der Waals surface area contributed by atoms with Crippen LogP contribution in [0.1, 0.15) is 20.8 Å². The summed E-state index contributed by atoms with van der Waals surface area (Å²) >= 11 is 7.27. The number of halogens is 1. The van der Waals surface area contributed by atoms with Crippen LogP contribution in [-0.4, -0.2) is 14.6 Å². The molecule has 1 heterocycles. The Kier molecular flexibility index (Phi) is 3.05. The summed E-state index contributed by atoms with van der Waals surface area (Å²) in [5.74, 6) is 0.528. The smallest absolute Gasteiger partial charge is 0.132 e. The van der Waals surface area contributed by atoms with Crippen molar-refractivity contribution in [1.82, 2.24) is 8.75 Å². The molecule has 0 aliphatic heterocycles. The molecular weight excluding hydrogens is 256 g/mol. The van der Waals surface area contributed by atoms with E-state index < -0.39 is 0 Å². The Bertz CT molecular complexity index is 583. The minimum atomic E-state index is -0.199. The van der Waals surface area contributed by atoms with Crippen molar-refractivity contribution in [2.24, 2.45) is 16.1 Å². The summed E-state index contributed by atoms with van der Waals surface area (Å²) in [6.45, 7) is 6.00. The van der Waals surface area contributed by atoms with E-state index in [1.54, 1.807) is 6.07 Å². The second-order valence-corrected chi connectivity index (χ2v) is 5.71. The zero-order valence-electron chi connectivity index (χ0n) is 9.86. The van der Waals surface area contributed by atoms with E-state index in [4.69, 9.17) is 17.3 Å². The van der Waals surface area contributed by atoms with Crippen LogP contribution in [0, 0.1) is 5.41 Å². The molecule has 1 aromatic carbocycles. The molecule has 1 aromatic heterocycles. The zero-order chi connectivity index (χ0) is 12.6. The van der Waals surface area contributed by atoms with Gasteiger partial charge in [0.05, 0.1) is 16.8 Å². The van der Waals surface area contributed by atoms with Crippen LogP contribution in [0.5, 0.6) is 0 Å². The van der Waals surface area contributed by atoms with Gasteiger partial charge in [0, 0.05) is 5.41 Å². The highest BCUT2D eigenvalue weighted by molar-refractivity contribution is 7.00. The Labute approximate surface area is 109 Å². The van der Waals surface area contributed by atoms with Crippen molar-refractivity contribution < 1.29 is 0 Å². The first-order chi connectivity index (χ1) is 7.89. The van der Waals surface area contributed by atoms with E-state index in [1.165, 1.54) is 0 Å². The fourth-order valence-electron chi connectivity index (χ4n) is 1.21. The van der Waals surface area contributed by atoms with Crippen LogP contribution in [0.3, 0.4) is 0 Å². The number of fused-ring (bicyclic) bond motifs is 1. The minimum Gasteiger partial charge on any atom is -0.387 e. The molecule has 0 spiro atoms. The molecule has 2 aromatic rings. The van der Waals surface area contributed by atoms with Crippen LogP contribution in [0.15, 0.2) is 17.1 Å². The van der Waals surface area contributed by atoms with E-state index in [0.717, 1.165) is 17.2 Å². The van der Waals surface area contributed by atoms with Crippen LogP contribution in [0.25, 0.3) is 11.0 Å². The van der Waals surface area contributed by atoms with E-state index in [0.29, 0.717) is 22.1 Å². The first kappa shape index (κ1) is 12.3. The molecule has 90 valence electrons. The Morgan fingerprint density at radius 1 is 1.35 bits per heavy atom. The largest absolute Gasteiger partial charge is 0.387 e. The van der Waals surface area contributed by atoms with E-state index in [-0.39, 0.29) is 5.41 Å². The van der Waals surface area contributed by atoms with Crippen molar-refractivity contribution in [2.75, 3.05) is 0 Å². The van der Waals surface area contributed by atoms with E-state index >= 15 is 0 Å². The molecule has 0 saturated heterocycles. The van der Waals surface area contributed by atoms with Gasteiger partial charge in [0.2, 0.25) is 0 Å². The lowest BCUT2D eigenvalue weighted by molar-refractivity contribution is 0.585. The van der Waals surface area contributed by atoms with Gasteiger partial charge in [-0.1, -0.05) is 32.4 Å². The summed E-state index contributed by atoms with van der Waals surface area (Å²) in [5.41, 5.74) is 7.86. The molecule has 6 heteroatoms. The van der Waals surface area contributed by atoms with E-state index in [2.05, 4.69) is 13.7 Å². The van der Waals surface area contributed by atoms with Gasteiger partial charge < -0.3 is 5.73 Å². The normalized spacial score (nSPS) is 13.3. The molecule has 4 nitrogen and oxygen atoms in total. The van der Waals surface area contributed by atoms with Gasteiger partial charge in [-0.05, 0) is 12.1 Å². The van der Waals surface area contributed by atoms with Crippen LogP contribution >= 0.6 is 23.3 Å². The molecule has 0 saturated carbocycles. The van der Waals surface area contributed by atoms with Gasteiger partial charge in [0.1, 0.15) is 22.6 Å². The number of hydrogen-bond acceptors (Lipinski definition) is 4. The van der Waals surface area contributed by atoms with Crippen molar-refractivity contribution >= 4 is 45.9 Å². The highest BCUT2D eigenvalue weighted by atomic mass is 35.5. The van der Waals surface area contributed by atoms with Crippen LogP contribution in [0.2, 0.25) is 5.02 Å². The molecule has 0 aliphatic rings. The maximum atomic E-state index is 6.13. The number of aromatic nitrogens is 2. The van der Waals surface area contributed by atoms with Crippen molar-refractivity contribution in [3.63, 3.8) is 0 Å². The van der Waals surface area contributed by atoms with Gasteiger partial charge in [0.15, 0.2) is 0 Å².